The lowest BCUT2D eigenvalue weighted by Crippen LogP contribution is -2.41. The summed E-state index contributed by atoms with van der Waals surface area (Å²) in [5.74, 6) is 2.15. The lowest BCUT2D eigenvalue weighted by Gasteiger charge is -2.28. The molecule has 146 valence electrons. The van der Waals surface area contributed by atoms with Crippen LogP contribution in [-0.2, 0) is 30.8 Å². The maximum absolute atomic E-state index is 12.5. The molecular formula is C19H28N6OS. The van der Waals surface area contributed by atoms with Crippen LogP contribution in [0.25, 0.3) is 0 Å². The van der Waals surface area contributed by atoms with Crippen LogP contribution < -0.4 is 5.32 Å². The number of carbonyl (C=O) groups excluding carboxylic acids is 1. The highest BCUT2D eigenvalue weighted by Gasteiger charge is 2.25. The molecule has 2 aliphatic rings. The van der Waals surface area contributed by atoms with Gasteiger partial charge in [-0.15, -0.1) is 10.2 Å². The lowest BCUT2D eigenvalue weighted by molar-refractivity contribution is -0.126. The van der Waals surface area contributed by atoms with Crippen LogP contribution in [0.1, 0.15) is 30.1 Å². The van der Waals surface area contributed by atoms with E-state index in [4.69, 9.17) is 0 Å². The van der Waals surface area contributed by atoms with Crippen molar-refractivity contribution in [3.63, 3.8) is 0 Å². The highest BCUT2D eigenvalue weighted by atomic mass is 32.1. The van der Waals surface area contributed by atoms with Crippen LogP contribution in [0.15, 0.2) is 16.8 Å². The molecule has 0 saturated carbocycles. The Morgan fingerprint density at radius 2 is 2.22 bits per heavy atom. The lowest BCUT2D eigenvalue weighted by atomic mass is 9.98. The van der Waals surface area contributed by atoms with E-state index in [-0.39, 0.29) is 11.8 Å². The Morgan fingerprint density at radius 1 is 1.30 bits per heavy atom. The Morgan fingerprint density at radius 3 is 3.04 bits per heavy atom. The summed E-state index contributed by atoms with van der Waals surface area (Å²) >= 11 is 1.75. The third-order valence-corrected chi connectivity index (χ3v) is 6.33. The predicted molar refractivity (Wildman–Crippen MR) is 105 cm³/mol. The highest BCUT2D eigenvalue weighted by molar-refractivity contribution is 7.07. The summed E-state index contributed by atoms with van der Waals surface area (Å²) in [6.45, 7) is 6.25. The van der Waals surface area contributed by atoms with Crippen molar-refractivity contribution in [1.29, 1.82) is 0 Å². The topological polar surface area (TPSA) is 66.3 Å². The van der Waals surface area contributed by atoms with Gasteiger partial charge in [0.15, 0.2) is 5.82 Å². The fourth-order valence-corrected chi connectivity index (χ4v) is 4.71. The first-order chi connectivity index (χ1) is 13.2. The normalized spacial score (nSPS) is 21.6. The number of hydrogen-bond acceptors (Lipinski definition) is 6. The monoisotopic (exact) mass is 388 g/mol. The number of fused-ring (bicyclic) bond motifs is 1. The van der Waals surface area contributed by atoms with Gasteiger partial charge >= 0.3 is 0 Å². The average Bonchev–Trinajstić information content (AvgIpc) is 3.27. The van der Waals surface area contributed by atoms with E-state index >= 15 is 0 Å². The van der Waals surface area contributed by atoms with Gasteiger partial charge in [-0.25, -0.2) is 0 Å². The summed E-state index contributed by atoms with van der Waals surface area (Å²) in [7, 11) is 2.08. The molecule has 1 amide bonds. The minimum Gasteiger partial charge on any atom is -0.349 e. The number of hydrogen-bond donors (Lipinski definition) is 1. The van der Waals surface area contributed by atoms with Gasteiger partial charge in [-0.2, -0.15) is 11.3 Å². The molecule has 2 aromatic rings. The molecule has 4 heterocycles. The number of nitrogens with one attached hydrogen (secondary N) is 1. The summed E-state index contributed by atoms with van der Waals surface area (Å²) < 4.78 is 2.20. The van der Waals surface area contributed by atoms with Gasteiger partial charge in [0.2, 0.25) is 5.91 Å². The maximum atomic E-state index is 12.5. The Kier molecular flexibility index (Phi) is 5.85. The van der Waals surface area contributed by atoms with E-state index in [1.165, 1.54) is 5.56 Å². The molecule has 0 spiro atoms. The van der Waals surface area contributed by atoms with E-state index in [0.29, 0.717) is 6.54 Å². The van der Waals surface area contributed by atoms with E-state index in [0.717, 1.165) is 70.2 Å². The van der Waals surface area contributed by atoms with Crippen LogP contribution in [0.5, 0.6) is 0 Å². The number of rotatable bonds is 5. The van der Waals surface area contributed by atoms with Gasteiger partial charge in [0.05, 0.1) is 12.5 Å². The van der Waals surface area contributed by atoms with Crippen LogP contribution in [0.4, 0.5) is 0 Å². The van der Waals surface area contributed by atoms with Crippen LogP contribution >= 0.6 is 11.3 Å². The molecule has 4 rings (SSSR count). The second kappa shape index (κ2) is 8.50. The second-order valence-corrected chi connectivity index (χ2v) is 8.44. The van der Waals surface area contributed by atoms with Crippen molar-refractivity contribution < 1.29 is 4.79 Å². The fourth-order valence-electron chi connectivity index (χ4n) is 4.05. The highest BCUT2D eigenvalue weighted by Crippen LogP contribution is 2.16. The van der Waals surface area contributed by atoms with Gasteiger partial charge in [-0.05, 0) is 48.8 Å². The van der Waals surface area contributed by atoms with Gasteiger partial charge in [0, 0.05) is 39.1 Å². The minimum absolute atomic E-state index is 0.0939. The Hall–Kier alpha value is -1.77. The molecule has 27 heavy (non-hydrogen) atoms. The molecule has 0 bridgehead atoms. The van der Waals surface area contributed by atoms with Crippen LogP contribution in [0, 0.1) is 5.92 Å². The maximum Gasteiger partial charge on any atom is 0.224 e. The summed E-state index contributed by atoms with van der Waals surface area (Å²) in [5, 5.41) is 16.2. The molecule has 0 aromatic carbocycles. The number of nitrogens with zero attached hydrogens (tertiary/aromatic N) is 5. The van der Waals surface area contributed by atoms with Crippen molar-refractivity contribution in [3.05, 3.63) is 34.0 Å². The third-order valence-electron chi connectivity index (χ3n) is 5.60. The van der Waals surface area contributed by atoms with Crippen molar-refractivity contribution in [3.8, 4) is 0 Å². The standard InChI is InChI=1S/C19H28N6OS/c1-23-6-2-3-16(13-23)19(26)20-11-18-22-21-17-4-7-24(8-9-25(17)18)12-15-5-10-27-14-15/h5,10,14,16H,2-4,6-9,11-13H2,1H3,(H,20,26). The van der Waals surface area contributed by atoms with E-state index in [9.17, 15) is 4.79 Å². The molecule has 1 unspecified atom stereocenters. The number of carbonyl (C=O) groups is 1. The smallest absolute Gasteiger partial charge is 0.224 e. The Labute approximate surface area is 164 Å². The predicted octanol–water partition coefficient (Wildman–Crippen LogP) is 1.36. The second-order valence-electron chi connectivity index (χ2n) is 7.66. The zero-order valence-corrected chi connectivity index (χ0v) is 16.7. The van der Waals surface area contributed by atoms with E-state index < -0.39 is 0 Å². The van der Waals surface area contributed by atoms with Gasteiger partial charge in [0.25, 0.3) is 0 Å². The SMILES string of the molecule is CN1CCCC(C(=O)NCc2nnc3n2CCN(Cc2ccsc2)CC3)C1. The van der Waals surface area contributed by atoms with Gasteiger partial charge < -0.3 is 14.8 Å². The van der Waals surface area contributed by atoms with Gasteiger partial charge in [-0.3, -0.25) is 9.69 Å². The van der Waals surface area contributed by atoms with Crippen LogP contribution in [-0.4, -0.2) is 63.7 Å². The first kappa shape index (κ1) is 18.6. The first-order valence-corrected chi connectivity index (χ1v) is 10.7. The van der Waals surface area contributed by atoms with Crippen molar-refractivity contribution in [2.45, 2.75) is 38.9 Å². The molecular weight excluding hydrogens is 360 g/mol. The molecule has 2 aliphatic heterocycles. The molecule has 2 aromatic heterocycles. The number of likely N-dealkylation sites (tertiary alicyclic amines) is 1. The molecule has 0 aliphatic carbocycles. The molecule has 1 N–H and O–H groups in total. The van der Waals surface area contributed by atoms with Crippen LogP contribution in [0.3, 0.4) is 0 Å². The quantitative estimate of drug-likeness (QED) is 0.838. The first-order valence-electron chi connectivity index (χ1n) is 9.79. The van der Waals surface area contributed by atoms with Crippen molar-refractivity contribution in [2.75, 3.05) is 33.2 Å². The molecule has 7 nitrogen and oxygen atoms in total. The molecule has 1 atom stereocenters. The van der Waals surface area contributed by atoms with Crippen molar-refractivity contribution in [1.82, 2.24) is 29.9 Å². The zero-order valence-electron chi connectivity index (χ0n) is 15.9. The number of piperidine rings is 1. The minimum atomic E-state index is 0.0939. The molecule has 1 saturated heterocycles. The summed E-state index contributed by atoms with van der Waals surface area (Å²) in [4.78, 5) is 17.2. The van der Waals surface area contributed by atoms with Crippen LogP contribution in [0.2, 0.25) is 0 Å². The number of amides is 1. The Balaban J connectivity index is 1.32. The zero-order chi connectivity index (χ0) is 18.6. The molecule has 0 radical (unpaired) electrons. The third kappa shape index (κ3) is 4.56. The van der Waals surface area contributed by atoms with E-state index in [1.54, 1.807) is 11.3 Å². The van der Waals surface area contributed by atoms with E-state index in [1.807, 2.05) is 0 Å². The summed E-state index contributed by atoms with van der Waals surface area (Å²) in [5.41, 5.74) is 1.38. The van der Waals surface area contributed by atoms with Gasteiger partial charge in [0.1, 0.15) is 5.82 Å². The van der Waals surface area contributed by atoms with E-state index in [2.05, 4.69) is 53.8 Å². The summed E-state index contributed by atoms with van der Waals surface area (Å²) in [6, 6.07) is 2.19. The fraction of sp³-hybridized carbons (Fsp3) is 0.632. The van der Waals surface area contributed by atoms with Gasteiger partial charge in [-0.1, -0.05) is 0 Å². The Bertz CT molecular complexity index is 758. The molecule has 1 fully saturated rings. The number of aromatic nitrogens is 3. The average molecular weight is 389 g/mol. The molecule has 8 heteroatoms. The largest absolute Gasteiger partial charge is 0.349 e. The number of thiophene rings is 1. The summed E-state index contributed by atoms with van der Waals surface area (Å²) in [6.07, 6.45) is 2.97. The van der Waals surface area contributed by atoms with Crippen molar-refractivity contribution in [2.24, 2.45) is 5.92 Å². The van der Waals surface area contributed by atoms with Crippen molar-refractivity contribution >= 4 is 17.2 Å².